The van der Waals surface area contributed by atoms with Crippen molar-refractivity contribution in [1.82, 2.24) is 9.47 Å². The quantitative estimate of drug-likeness (QED) is 0.387. The standard InChI is InChI=1S/C29H38N2O2.CH4O3S/c1-5-29-12-8-13-30-14-11-22-21-9-6-7-10-23(21)31(25(22)26(29)30)24(18-29)27(32)33-20-15-19(2)16-28(3,4)17-20;1-5(2,3)4/h6-7,9-10,18-20,26H,5,8,11-17H2,1-4H3;1H3,(H,2,3,4)/t19?,20?,26-,29+;/m1./s1. The fraction of sp³-hybridized carbons (Fsp3) is 0.633. The second kappa shape index (κ2) is 9.79. The zero-order valence-electron chi connectivity index (χ0n) is 23.4. The van der Waals surface area contributed by atoms with Gasteiger partial charge in [-0.2, -0.15) is 8.42 Å². The summed E-state index contributed by atoms with van der Waals surface area (Å²) >= 11 is 0. The highest BCUT2D eigenvalue weighted by molar-refractivity contribution is 7.85. The molecular weight excluding hydrogens is 500 g/mol. The van der Waals surface area contributed by atoms with E-state index in [-0.39, 0.29) is 22.9 Å². The molecule has 0 spiro atoms. The molecule has 1 aromatic heterocycles. The summed E-state index contributed by atoms with van der Waals surface area (Å²) in [5.41, 5.74) is 5.01. The number of carbonyl (C=O) groups excluding carboxylic acids is 1. The van der Waals surface area contributed by atoms with Gasteiger partial charge in [-0.15, -0.1) is 0 Å². The molecule has 0 bridgehead atoms. The number of esters is 1. The largest absolute Gasteiger partial charge is 0.458 e. The van der Waals surface area contributed by atoms with Crippen LogP contribution in [0, 0.1) is 16.7 Å². The number of rotatable bonds is 3. The number of hydrogen-bond donors (Lipinski definition) is 1. The van der Waals surface area contributed by atoms with Gasteiger partial charge in [-0.05, 0) is 80.5 Å². The molecule has 208 valence electrons. The Labute approximate surface area is 227 Å². The Balaban J connectivity index is 0.000000540. The lowest BCUT2D eigenvalue weighted by Crippen LogP contribution is -2.51. The first-order valence-corrected chi connectivity index (χ1v) is 15.9. The fourth-order valence-corrected chi connectivity index (χ4v) is 7.99. The second-order valence-corrected chi connectivity index (χ2v) is 14.3. The zero-order chi connectivity index (χ0) is 27.5. The Morgan fingerprint density at radius 1 is 1.18 bits per heavy atom. The average Bonchev–Trinajstić information content (AvgIpc) is 3.15. The number of fused-ring (bicyclic) bond motifs is 3. The van der Waals surface area contributed by atoms with Crippen molar-refractivity contribution in [1.29, 1.82) is 0 Å². The van der Waals surface area contributed by atoms with Gasteiger partial charge in [0, 0.05) is 23.0 Å². The zero-order valence-corrected chi connectivity index (χ0v) is 24.2. The third-order valence-electron chi connectivity index (χ3n) is 9.08. The molecule has 2 unspecified atom stereocenters. The molecule has 4 aliphatic rings. The second-order valence-electron chi connectivity index (χ2n) is 12.8. The Morgan fingerprint density at radius 2 is 1.89 bits per heavy atom. The lowest BCUT2D eigenvalue weighted by atomic mass is 9.66. The normalized spacial score (nSPS) is 30.1. The van der Waals surface area contributed by atoms with Gasteiger partial charge in [0.25, 0.3) is 10.1 Å². The van der Waals surface area contributed by atoms with E-state index >= 15 is 0 Å². The summed E-state index contributed by atoms with van der Waals surface area (Å²) < 4.78 is 34.5. The number of carbonyl (C=O) groups is 1. The van der Waals surface area contributed by atoms with Gasteiger partial charge < -0.3 is 9.30 Å². The van der Waals surface area contributed by atoms with Crippen LogP contribution in [0.3, 0.4) is 0 Å². The van der Waals surface area contributed by atoms with Crippen LogP contribution in [0.2, 0.25) is 0 Å². The van der Waals surface area contributed by atoms with E-state index in [9.17, 15) is 13.2 Å². The first kappa shape index (κ1) is 27.4. The number of para-hydroxylation sites is 1. The van der Waals surface area contributed by atoms with Crippen molar-refractivity contribution in [2.24, 2.45) is 16.7 Å². The Kier molecular flexibility index (Phi) is 7.06. The molecule has 4 atom stereocenters. The van der Waals surface area contributed by atoms with E-state index in [1.165, 1.54) is 35.0 Å². The predicted molar refractivity (Wildman–Crippen MR) is 150 cm³/mol. The van der Waals surface area contributed by atoms with Gasteiger partial charge in [-0.1, -0.05) is 45.9 Å². The minimum absolute atomic E-state index is 0.00737. The van der Waals surface area contributed by atoms with Crippen LogP contribution < -0.4 is 0 Å². The van der Waals surface area contributed by atoms with Crippen molar-refractivity contribution in [3.63, 3.8) is 0 Å². The van der Waals surface area contributed by atoms with Crippen LogP contribution >= 0.6 is 0 Å². The summed E-state index contributed by atoms with van der Waals surface area (Å²) in [6.45, 7) is 11.5. The van der Waals surface area contributed by atoms with Crippen LogP contribution in [0.1, 0.15) is 83.5 Å². The van der Waals surface area contributed by atoms with Gasteiger partial charge >= 0.3 is 5.97 Å². The topological polar surface area (TPSA) is 88.8 Å². The molecule has 2 aromatic rings. The number of hydrogen-bond acceptors (Lipinski definition) is 5. The van der Waals surface area contributed by atoms with Crippen LogP contribution in [0.4, 0.5) is 0 Å². The molecule has 8 heteroatoms. The molecular formula is C30H42N2O5S. The van der Waals surface area contributed by atoms with Crippen LogP contribution in [-0.2, 0) is 26.1 Å². The minimum atomic E-state index is -3.67. The molecule has 6 rings (SSSR count). The fourth-order valence-electron chi connectivity index (χ4n) is 7.99. The monoisotopic (exact) mass is 542 g/mol. The average molecular weight is 543 g/mol. The van der Waals surface area contributed by atoms with Crippen molar-refractivity contribution < 1.29 is 22.5 Å². The van der Waals surface area contributed by atoms with E-state index in [1.807, 2.05) is 0 Å². The van der Waals surface area contributed by atoms with E-state index in [2.05, 4.69) is 67.5 Å². The smallest absolute Gasteiger partial charge is 0.355 e. The van der Waals surface area contributed by atoms with Gasteiger partial charge in [-0.3, -0.25) is 9.45 Å². The van der Waals surface area contributed by atoms with E-state index in [0.717, 1.165) is 50.9 Å². The van der Waals surface area contributed by atoms with E-state index in [4.69, 9.17) is 9.29 Å². The summed E-state index contributed by atoms with van der Waals surface area (Å²) in [6, 6.07) is 9.05. The number of ether oxygens (including phenoxy) is 1. The maximum absolute atomic E-state index is 13.9. The highest BCUT2D eigenvalue weighted by Crippen LogP contribution is 2.57. The maximum atomic E-state index is 13.9. The maximum Gasteiger partial charge on any atom is 0.355 e. The Hall–Kier alpha value is -2.16. The molecule has 7 nitrogen and oxygen atoms in total. The summed E-state index contributed by atoms with van der Waals surface area (Å²) in [4.78, 5) is 16.6. The number of aromatic nitrogens is 1. The summed E-state index contributed by atoms with van der Waals surface area (Å²) in [5, 5.41) is 1.32. The van der Waals surface area contributed by atoms with Gasteiger partial charge in [0.15, 0.2) is 0 Å². The molecule has 2 fully saturated rings. The Bertz CT molecular complexity index is 1370. The summed E-state index contributed by atoms with van der Waals surface area (Å²) in [6.07, 6.45) is 10.7. The third-order valence-corrected chi connectivity index (χ3v) is 9.08. The van der Waals surface area contributed by atoms with Crippen LogP contribution in [0.25, 0.3) is 16.6 Å². The van der Waals surface area contributed by atoms with Gasteiger partial charge in [0.2, 0.25) is 0 Å². The highest BCUT2D eigenvalue weighted by Gasteiger charge is 2.51. The van der Waals surface area contributed by atoms with Crippen molar-refractivity contribution in [3.05, 3.63) is 41.6 Å². The van der Waals surface area contributed by atoms with E-state index in [0.29, 0.717) is 18.2 Å². The van der Waals surface area contributed by atoms with Crippen LogP contribution in [-0.4, -0.2) is 53.9 Å². The molecule has 1 aliphatic carbocycles. The van der Waals surface area contributed by atoms with Crippen LogP contribution in [0.15, 0.2) is 30.3 Å². The molecule has 1 aromatic carbocycles. The lowest BCUT2D eigenvalue weighted by Gasteiger charge is -2.53. The van der Waals surface area contributed by atoms with Crippen molar-refractivity contribution in [2.45, 2.75) is 84.8 Å². The van der Waals surface area contributed by atoms with Gasteiger partial charge in [0.05, 0.1) is 17.8 Å². The van der Waals surface area contributed by atoms with Crippen molar-refractivity contribution in [3.8, 4) is 0 Å². The molecule has 1 saturated carbocycles. The highest BCUT2D eigenvalue weighted by atomic mass is 32.2. The molecule has 0 amide bonds. The molecule has 1 N–H and O–H groups in total. The molecule has 38 heavy (non-hydrogen) atoms. The van der Waals surface area contributed by atoms with E-state index < -0.39 is 10.1 Å². The molecule has 4 heterocycles. The number of nitrogens with zero attached hydrogens (tertiary/aromatic N) is 2. The lowest BCUT2D eigenvalue weighted by molar-refractivity contribution is -0.146. The Morgan fingerprint density at radius 3 is 2.58 bits per heavy atom. The molecule has 0 radical (unpaired) electrons. The SMILES string of the molecule is CC[C@@]12C=C(C(=O)OC3CC(C)CC(C)(C)C3)n3c4c(c5ccccc53)CCN(CCC1)[C@H]42.CS(=O)(=O)O. The number of piperidine rings is 1. The summed E-state index contributed by atoms with van der Waals surface area (Å²) in [7, 11) is -3.67. The minimum Gasteiger partial charge on any atom is -0.458 e. The molecule has 1 saturated heterocycles. The van der Waals surface area contributed by atoms with Crippen molar-refractivity contribution >= 4 is 32.7 Å². The number of benzene rings is 1. The third kappa shape index (κ3) is 5.07. The van der Waals surface area contributed by atoms with Crippen LogP contribution in [0.5, 0.6) is 0 Å². The van der Waals surface area contributed by atoms with Gasteiger partial charge in [-0.25, -0.2) is 4.79 Å². The molecule has 3 aliphatic heterocycles. The first-order chi connectivity index (χ1) is 17.8. The van der Waals surface area contributed by atoms with Gasteiger partial charge in [0.1, 0.15) is 11.8 Å². The first-order valence-electron chi connectivity index (χ1n) is 14.0. The predicted octanol–water partition coefficient (Wildman–Crippen LogP) is 5.85. The summed E-state index contributed by atoms with van der Waals surface area (Å²) in [5.74, 6) is 0.466. The van der Waals surface area contributed by atoms with E-state index in [1.54, 1.807) is 0 Å². The van der Waals surface area contributed by atoms with Crippen molar-refractivity contribution in [2.75, 3.05) is 19.3 Å².